The van der Waals surface area contributed by atoms with Crippen LogP contribution < -0.4 is 9.80 Å². The summed E-state index contributed by atoms with van der Waals surface area (Å²) in [5, 5.41) is 4.50. The van der Waals surface area contributed by atoms with Gasteiger partial charge < -0.3 is 4.90 Å². The van der Waals surface area contributed by atoms with E-state index in [1.54, 1.807) is 17.1 Å². The molecular formula is C18H16FN7O. The van der Waals surface area contributed by atoms with Gasteiger partial charge in [-0.1, -0.05) is 0 Å². The lowest BCUT2D eigenvalue weighted by atomic mass is 10.3. The largest absolute Gasteiger partial charge is 0.357 e. The van der Waals surface area contributed by atoms with Gasteiger partial charge in [0.05, 0.1) is 42.1 Å². The minimum atomic E-state index is -0.723. The highest BCUT2D eigenvalue weighted by Crippen LogP contribution is 2.27. The van der Waals surface area contributed by atoms with Crippen LogP contribution in [-0.2, 0) is 6.54 Å². The zero-order valence-electron chi connectivity index (χ0n) is 14.4. The summed E-state index contributed by atoms with van der Waals surface area (Å²) >= 11 is 0. The molecule has 0 bridgehead atoms. The average Bonchev–Trinajstić information content (AvgIpc) is 3.40. The molecule has 0 spiro atoms. The number of nitrogens with zero attached hydrogens (tertiary/aromatic N) is 7. The minimum Gasteiger partial charge on any atom is -0.357 e. The smallest absolute Gasteiger partial charge is 0.263 e. The number of hydrogen-bond acceptors (Lipinski definition) is 6. The van der Waals surface area contributed by atoms with Crippen molar-refractivity contribution in [3.63, 3.8) is 0 Å². The zero-order chi connectivity index (χ0) is 18.4. The lowest BCUT2D eigenvalue weighted by Crippen LogP contribution is -2.25. The number of hydrogen-bond donors (Lipinski definition) is 0. The van der Waals surface area contributed by atoms with Crippen molar-refractivity contribution in [1.82, 2.24) is 24.7 Å². The fourth-order valence-corrected chi connectivity index (χ4v) is 3.50. The van der Waals surface area contributed by atoms with Crippen molar-refractivity contribution >= 4 is 17.5 Å². The summed E-state index contributed by atoms with van der Waals surface area (Å²) in [6.45, 7) is 2.31. The van der Waals surface area contributed by atoms with Crippen molar-refractivity contribution in [3.8, 4) is 5.69 Å². The Morgan fingerprint density at radius 1 is 1.04 bits per heavy atom. The molecule has 1 amide bonds. The maximum atomic E-state index is 13.3. The monoisotopic (exact) mass is 365 g/mol. The fraction of sp³-hybridized carbons (Fsp3) is 0.278. The number of rotatable bonds is 3. The molecule has 0 saturated carbocycles. The second kappa shape index (κ2) is 6.11. The third-order valence-electron chi connectivity index (χ3n) is 4.87. The molecule has 9 heteroatoms. The zero-order valence-corrected chi connectivity index (χ0v) is 14.4. The second-order valence-corrected chi connectivity index (χ2v) is 6.59. The van der Waals surface area contributed by atoms with Crippen molar-refractivity contribution in [2.45, 2.75) is 19.4 Å². The van der Waals surface area contributed by atoms with E-state index < -0.39 is 5.95 Å². The molecule has 0 aromatic carbocycles. The van der Waals surface area contributed by atoms with Gasteiger partial charge in [0.25, 0.3) is 5.91 Å². The molecule has 0 radical (unpaired) electrons. The normalized spacial score (nSPS) is 16.3. The molecule has 3 aromatic rings. The van der Waals surface area contributed by atoms with Gasteiger partial charge in [-0.3, -0.25) is 14.7 Å². The Morgan fingerprint density at radius 3 is 2.59 bits per heavy atom. The number of pyridine rings is 1. The maximum absolute atomic E-state index is 13.3. The van der Waals surface area contributed by atoms with E-state index in [0.717, 1.165) is 30.8 Å². The first-order valence-corrected chi connectivity index (χ1v) is 8.78. The van der Waals surface area contributed by atoms with Gasteiger partial charge in [0, 0.05) is 19.3 Å². The van der Waals surface area contributed by atoms with Crippen LogP contribution in [0, 0.1) is 5.95 Å². The molecule has 0 aliphatic carbocycles. The van der Waals surface area contributed by atoms with Gasteiger partial charge in [0.1, 0.15) is 5.82 Å². The summed E-state index contributed by atoms with van der Waals surface area (Å²) < 4.78 is 14.9. The van der Waals surface area contributed by atoms with E-state index in [9.17, 15) is 9.18 Å². The lowest BCUT2D eigenvalue weighted by Gasteiger charge is -2.16. The van der Waals surface area contributed by atoms with Crippen LogP contribution in [0.3, 0.4) is 0 Å². The first-order valence-electron chi connectivity index (χ1n) is 8.78. The summed E-state index contributed by atoms with van der Waals surface area (Å²) in [5.41, 5.74) is 1.89. The second-order valence-electron chi connectivity index (χ2n) is 6.59. The highest BCUT2D eigenvalue weighted by atomic mass is 19.1. The van der Waals surface area contributed by atoms with Crippen LogP contribution in [0.25, 0.3) is 5.69 Å². The van der Waals surface area contributed by atoms with Crippen molar-refractivity contribution in [2.75, 3.05) is 22.9 Å². The summed E-state index contributed by atoms with van der Waals surface area (Å²) in [7, 11) is 0. The Morgan fingerprint density at radius 2 is 1.89 bits per heavy atom. The van der Waals surface area contributed by atoms with E-state index in [1.807, 2.05) is 12.1 Å². The predicted octanol–water partition coefficient (Wildman–Crippen LogP) is 1.96. The van der Waals surface area contributed by atoms with Crippen LogP contribution in [0.5, 0.6) is 0 Å². The summed E-state index contributed by atoms with van der Waals surface area (Å²) in [6.07, 6.45) is 8.20. The first-order chi connectivity index (χ1) is 13.2. The molecule has 0 N–H and O–H groups in total. The standard InChI is InChI=1S/C18H16FN7O/c19-15-8-20-9-17(22-15)25-11-14-13(18(25)27)10-26(23-14)12-3-4-16(21-7-12)24-5-1-2-6-24/h3-4,7-10H,1-2,5-6,11H2. The highest BCUT2D eigenvalue weighted by molar-refractivity contribution is 6.09. The minimum absolute atomic E-state index is 0.182. The van der Waals surface area contributed by atoms with E-state index in [1.165, 1.54) is 23.9 Å². The number of aromatic nitrogens is 5. The first kappa shape index (κ1) is 15.9. The predicted molar refractivity (Wildman–Crippen MR) is 95.3 cm³/mol. The number of carbonyl (C=O) groups excluding carboxylic acids is 1. The third-order valence-corrected chi connectivity index (χ3v) is 4.87. The Kier molecular flexibility index (Phi) is 3.59. The fourth-order valence-electron chi connectivity index (χ4n) is 3.50. The van der Waals surface area contributed by atoms with E-state index in [0.29, 0.717) is 11.3 Å². The van der Waals surface area contributed by atoms with Crippen LogP contribution in [0.1, 0.15) is 28.9 Å². The third kappa shape index (κ3) is 2.71. The number of anilines is 2. The molecule has 27 heavy (non-hydrogen) atoms. The van der Waals surface area contributed by atoms with Gasteiger partial charge in [-0.05, 0) is 25.0 Å². The molecule has 3 aromatic heterocycles. The molecule has 5 rings (SSSR count). The van der Waals surface area contributed by atoms with E-state index in [-0.39, 0.29) is 18.3 Å². The number of fused-ring (bicyclic) bond motifs is 1. The number of amides is 1. The van der Waals surface area contributed by atoms with Gasteiger partial charge in [0.15, 0.2) is 5.82 Å². The molecule has 2 aliphatic heterocycles. The van der Waals surface area contributed by atoms with Crippen LogP contribution in [0.15, 0.2) is 36.9 Å². The van der Waals surface area contributed by atoms with Gasteiger partial charge in [-0.2, -0.15) is 14.5 Å². The van der Waals surface area contributed by atoms with E-state index in [4.69, 9.17) is 0 Å². The Bertz CT molecular complexity index is 1010. The van der Waals surface area contributed by atoms with Crippen molar-refractivity contribution in [3.05, 3.63) is 54.1 Å². The average molecular weight is 365 g/mol. The van der Waals surface area contributed by atoms with Crippen molar-refractivity contribution in [2.24, 2.45) is 0 Å². The van der Waals surface area contributed by atoms with Crippen LogP contribution in [0.4, 0.5) is 16.0 Å². The van der Waals surface area contributed by atoms with Gasteiger partial charge >= 0.3 is 0 Å². The molecule has 5 heterocycles. The molecule has 1 fully saturated rings. The molecule has 136 valence electrons. The van der Waals surface area contributed by atoms with Gasteiger partial charge in [-0.25, -0.2) is 9.67 Å². The number of halogens is 1. The lowest BCUT2D eigenvalue weighted by molar-refractivity contribution is 0.0995. The molecule has 0 unspecified atom stereocenters. The van der Waals surface area contributed by atoms with Crippen LogP contribution in [0.2, 0.25) is 0 Å². The maximum Gasteiger partial charge on any atom is 0.263 e. The van der Waals surface area contributed by atoms with Crippen LogP contribution in [-0.4, -0.2) is 43.7 Å². The van der Waals surface area contributed by atoms with Gasteiger partial charge in [0.2, 0.25) is 5.95 Å². The van der Waals surface area contributed by atoms with Crippen molar-refractivity contribution < 1.29 is 9.18 Å². The SMILES string of the molecule is O=C1c2cn(-c3ccc(N4CCCC4)nc3)nc2CN1c1cncc(F)n1. The topological polar surface area (TPSA) is 80.0 Å². The number of carbonyl (C=O) groups is 1. The Balaban J connectivity index is 1.39. The Labute approximate surface area is 154 Å². The highest BCUT2D eigenvalue weighted by Gasteiger charge is 2.33. The molecular weight excluding hydrogens is 349 g/mol. The molecule has 0 atom stereocenters. The summed E-state index contributed by atoms with van der Waals surface area (Å²) in [4.78, 5) is 28.3. The quantitative estimate of drug-likeness (QED) is 0.706. The van der Waals surface area contributed by atoms with Gasteiger partial charge in [-0.15, -0.1) is 0 Å². The molecule has 2 aliphatic rings. The van der Waals surface area contributed by atoms with E-state index in [2.05, 4.69) is 25.0 Å². The molecule has 1 saturated heterocycles. The van der Waals surface area contributed by atoms with Crippen molar-refractivity contribution in [1.29, 1.82) is 0 Å². The van der Waals surface area contributed by atoms with Crippen LogP contribution >= 0.6 is 0 Å². The summed E-state index contributed by atoms with van der Waals surface area (Å²) in [6, 6.07) is 3.92. The Hall–Kier alpha value is -3.36. The van der Waals surface area contributed by atoms with E-state index >= 15 is 0 Å². The summed E-state index contributed by atoms with van der Waals surface area (Å²) in [5.74, 6) is 0.154. The molecule has 8 nitrogen and oxygen atoms in total.